The number of carbonyl (C=O) groups is 3. The maximum absolute atomic E-state index is 12.9. The third-order valence-corrected chi connectivity index (χ3v) is 5.15. The molecule has 3 rings (SSSR count). The van der Waals surface area contributed by atoms with Crippen molar-refractivity contribution < 1.29 is 23.9 Å². The van der Waals surface area contributed by atoms with Gasteiger partial charge in [-0.1, -0.05) is 12.1 Å². The predicted octanol–water partition coefficient (Wildman–Crippen LogP) is 2.98. The lowest BCUT2D eigenvalue weighted by atomic mass is 10.0. The first-order valence-electron chi connectivity index (χ1n) is 9.66. The molecule has 1 saturated heterocycles. The van der Waals surface area contributed by atoms with Crippen LogP contribution < -0.4 is 5.32 Å². The number of ether oxygens (including phenoxy) is 2. The summed E-state index contributed by atoms with van der Waals surface area (Å²) in [6, 6.07) is 6.59. The van der Waals surface area contributed by atoms with Crippen molar-refractivity contribution in [3.8, 4) is 0 Å². The van der Waals surface area contributed by atoms with Crippen molar-refractivity contribution in [1.82, 2.24) is 10.2 Å². The van der Waals surface area contributed by atoms with Crippen LogP contribution in [0, 0.1) is 0 Å². The number of rotatable bonds is 4. The highest BCUT2D eigenvalue weighted by Crippen LogP contribution is 2.45. The normalized spacial score (nSPS) is 20.4. The number of hydrogen-bond donors (Lipinski definition) is 1. The number of nitrogens with one attached hydrogen (secondary N) is 1. The summed E-state index contributed by atoms with van der Waals surface area (Å²) in [5, 5.41) is 3.13. The van der Waals surface area contributed by atoms with Gasteiger partial charge in [0.15, 0.2) is 0 Å². The number of likely N-dealkylation sites (tertiary alicyclic amines) is 1. The van der Waals surface area contributed by atoms with Gasteiger partial charge in [-0.3, -0.25) is 9.69 Å². The van der Waals surface area contributed by atoms with Crippen molar-refractivity contribution >= 4 is 18.0 Å². The molecule has 2 amide bonds. The van der Waals surface area contributed by atoms with E-state index in [1.165, 1.54) is 12.0 Å². The molecule has 28 heavy (non-hydrogen) atoms. The van der Waals surface area contributed by atoms with E-state index in [4.69, 9.17) is 9.47 Å². The first kappa shape index (κ1) is 20.2. The van der Waals surface area contributed by atoms with Crippen LogP contribution in [0.5, 0.6) is 0 Å². The second-order valence-corrected chi connectivity index (χ2v) is 8.47. The number of carbonyl (C=O) groups excluding carboxylic acids is 3. The van der Waals surface area contributed by atoms with Gasteiger partial charge in [0, 0.05) is 6.54 Å². The third-order valence-electron chi connectivity index (χ3n) is 5.15. The Hall–Kier alpha value is -2.57. The van der Waals surface area contributed by atoms with Crippen LogP contribution in [0.2, 0.25) is 0 Å². The summed E-state index contributed by atoms with van der Waals surface area (Å²) in [7, 11) is 1.34. The number of nitrogens with zero attached hydrogens (tertiary/aromatic N) is 1. The van der Waals surface area contributed by atoms with E-state index in [0.717, 1.165) is 24.8 Å². The SMILES string of the molecule is COC(=O)c1ccc(C2(NC(=O)[C@H]3CCCN3C(=O)OC(C)(C)C)CC2)cc1. The van der Waals surface area contributed by atoms with Gasteiger partial charge in [0.25, 0.3) is 0 Å². The fourth-order valence-corrected chi connectivity index (χ4v) is 3.55. The van der Waals surface area contributed by atoms with Crippen molar-refractivity contribution in [3.05, 3.63) is 35.4 Å². The Morgan fingerprint density at radius 3 is 2.32 bits per heavy atom. The molecule has 0 bridgehead atoms. The minimum atomic E-state index is -0.597. The zero-order chi connectivity index (χ0) is 20.5. The molecule has 1 N–H and O–H groups in total. The second kappa shape index (κ2) is 7.45. The molecule has 0 spiro atoms. The molecule has 0 unspecified atom stereocenters. The molecular formula is C21H28N2O5. The van der Waals surface area contributed by atoms with E-state index in [0.29, 0.717) is 18.5 Å². The number of amides is 2. The minimum Gasteiger partial charge on any atom is -0.465 e. The Labute approximate surface area is 165 Å². The van der Waals surface area contributed by atoms with Gasteiger partial charge in [-0.2, -0.15) is 0 Å². The minimum absolute atomic E-state index is 0.155. The fourth-order valence-electron chi connectivity index (χ4n) is 3.55. The Balaban J connectivity index is 1.68. The lowest BCUT2D eigenvalue weighted by Crippen LogP contribution is -2.50. The van der Waals surface area contributed by atoms with E-state index in [9.17, 15) is 14.4 Å². The van der Waals surface area contributed by atoms with Gasteiger partial charge in [0.2, 0.25) is 5.91 Å². The molecule has 1 aromatic rings. The highest BCUT2D eigenvalue weighted by molar-refractivity contribution is 5.89. The average molecular weight is 388 g/mol. The van der Waals surface area contributed by atoms with E-state index in [1.807, 2.05) is 32.9 Å². The molecule has 0 aromatic heterocycles. The summed E-state index contributed by atoms with van der Waals surface area (Å²) >= 11 is 0. The number of hydrogen-bond acceptors (Lipinski definition) is 5. The summed E-state index contributed by atoms with van der Waals surface area (Å²) in [4.78, 5) is 38.5. The predicted molar refractivity (Wildman–Crippen MR) is 103 cm³/mol. The molecule has 0 radical (unpaired) electrons. The second-order valence-electron chi connectivity index (χ2n) is 8.47. The van der Waals surface area contributed by atoms with Crippen LogP contribution in [0.3, 0.4) is 0 Å². The van der Waals surface area contributed by atoms with Crippen LogP contribution in [0.15, 0.2) is 24.3 Å². The molecule has 1 aromatic carbocycles. The highest BCUT2D eigenvalue weighted by Gasteiger charge is 2.48. The van der Waals surface area contributed by atoms with Crippen LogP contribution >= 0.6 is 0 Å². The van der Waals surface area contributed by atoms with Gasteiger partial charge < -0.3 is 14.8 Å². The van der Waals surface area contributed by atoms with E-state index in [-0.39, 0.29) is 11.9 Å². The van der Waals surface area contributed by atoms with Crippen LogP contribution in [0.1, 0.15) is 62.4 Å². The smallest absolute Gasteiger partial charge is 0.410 e. The summed E-state index contributed by atoms with van der Waals surface area (Å²) in [6.45, 7) is 5.96. The van der Waals surface area contributed by atoms with Crippen molar-refractivity contribution in [3.63, 3.8) is 0 Å². The molecule has 1 atom stereocenters. The molecule has 1 heterocycles. The van der Waals surface area contributed by atoms with Gasteiger partial charge in [-0.25, -0.2) is 9.59 Å². The summed E-state index contributed by atoms with van der Waals surface area (Å²) < 4.78 is 10.2. The molecule has 2 aliphatic rings. The Kier molecular flexibility index (Phi) is 5.37. The standard InChI is InChI=1S/C21H28N2O5/c1-20(2,3)28-19(26)23-13-5-6-16(23)17(24)22-21(11-12-21)15-9-7-14(8-10-15)18(25)27-4/h7-10,16H,5-6,11-13H2,1-4H3,(H,22,24)/t16-/m1/s1. The van der Waals surface area contributed by atoms with Crippen molar-refractivity contribution in [2.45, 2.75) is 63.6 Å². The molecular weight excluding hydrogens is 360 g/mol. The molecule has 1 aliphatic heterocycles. The Morgan fingerprint density at radius 2 is 1.79 bits per heavy atom. The van der Waals surface area contributed by atoms with Gasteiger partial charge in [-0.05, 0) is 64.2 Å². The van der Waals surface area contributed by atoms with Gasteiger partial charge in [-0.15, -0.1) is 0 Å². The van der Waals surface area contributed by atoms with Crippen molar-refractivity contribution in [1.29, 1.82) is 0 Å². The molecule has 1 saturated carbocycles. The van der Waals surface area contributed by atoms with Crippen LogP contribution in [0.25, 0.3) is 0 Å². The average Bonchev–Trinajstić information content (AvgIpc) is 3.24. The lowest BCUT2D eigenvalue weighted by molar-refractivity contribution is -0.126. The maximum Gasteiger partial charge on any atom is 0.410 e. The topological polar surface area (TPSA) is 84.9 Å². The van der Waals surface area contributed by atoms with E-state index in [2.05, 4.69) is 5.32 Å². The first-order valence-corrected chi connectivity index (χ1v) is 9.66. The number of esters is 1. The Bertz CT molecular complexity index is 762. The van der Waals surface area contributed by atoms with E-state index < -0.39 is 23.3 Å². The summed E-state index contributed by atoms with van der Waals surface area (Å²) in [5.74, 6) is -0.544. The fraction of sp³-hybridized carbons (Fsp3) is 0.571. The number of methoxy groups -OCH3 is 1. The van der Waals surface area contributed by atoms with E-state index >= 15 is 0 Å². The van der Waals surface area contributed by atoms with E-state index in [1.54, 1.807) is 12.1 Å². The van der Waals surface area contributed by atoms with Crippen LogP contribution in [-0.2, 0) is 19.8 Å². The third kappa shape index (κ3) is 4.29. The van der Waals surface area contributed by atoms with Crippen LogP contribution in [0.4, 0.5) is 4.79 Å². The largest absolute Gasteiger partial charge is 0.465 e. The van der Waals surface area contributed by atoms with Gasteiger partial charge in [0.05, 0.1) is 18.2 Å². The maximum atomic E-state index is 12.9. The molecule has 1 aliphatic carbocycles. The van der Waals surface area contributed by atoms with Gasteiger partial charge >= 0.3 is 12.1 Å². The van der Waals surface area contributed by atoms with Crippen molar-refractivity contribution in [2.75, 3.05) is 13.7 Å². The monoisotopic (exact) mass is 388 g/mol. The zero-order valence-electron chi connectivity index (χ0n) is 16.9. The zero-order valence-corrected chi connectivity index (χ0v) is 16.9. The Morgan fingerprint density at radius 1 is 1.14 bits per heavy atom. The molecule has 2 fully saturated rings. The first-order chi connectivity index (χ1) is 13.1. The molecule has 152 valence electrons. The highest BCUT2D eigenvalue weighted by atomic mass is 16.6. The summed E-state index contributed by atoms with van der Waals surface area (Å²) in [5.41, 5.74) is 0.406. The number of benzene rings is 1. The quantitative estimate of drug-likeness (QED) is 0.802. The molecule has 7 heteroatoms. The molecule has 7 nitrogen and oxygen atoms in total. The van der Waals surface area contributed by atoms with Crippen LogP contribution in [-0.4, -0.2) is 48.2 Å². The summed E-state index contributed by atoms with van der Waals surface area (Å²) in [6.07, 6.45) is 2.61. The van der Waals surface area contributed by atoms with Crippen molar-refractivity contribution in [2.24, 2.45) is 0 Å². The van der Waals surface area contributed by atoms with Gasteiger partial charge in [0.1, 0.15) is 11.6 Å². The lowest BCUT2D eigenvalue weighted by Gasteiger charge is -2.29.